The highest BCUT2D eigenvalue weighted by atomic mass is 16.6. The third-order valence-corrected chi connectivity index (χ3v) is 4.90. The molecule has 6 N–H and O–H groups in total. The van der Waals surface area contributed by atoms with Crippen LogP contribution in [0.5, 0.6) is 0 Å². The molecule has 0 aromatic carbocycles. The van der Waals surface area contributed by atoms with Gasteiger partial charge < -0.3 is 31.2 Å². The maximum Gasteiger partial charge on any atom is 0.352 e. The van der Waals surface area contributed by atoms with E-state index in [2.05, 4.69) is 10.9 Å². The molecule has 1 aromatic heterocycles. The average Bonchev–Trinajstić information content (AvgIpc) is 2.96. The molecule has 164 valence electrons. The Kier molecular flexibility index (Phi) is 7.55. The van der Waals surface area contributed by atoms with Crippen molar-refractivity contribution < 1.29 is 29.3 Å². The van der Waals surface area contributed by atoms with Crippen molar-refractivity contribution in [2.75, 3.05) is 12.3 Å². The van der Waals surface area contributed by atoms with E-state index in [0.29, 0.717) is 11.0 Å². The van der Waals surface area contributed by atoms with Crippen molar-refractivity contribution in [3.8, 4) is 12.3 Å². The summed E-state index contributed by atoms with van der Waals surface area (Å²) in [4.78, 5) is 40.0. The van der Waals surface area contributed by atoms with Crippen molar-refractivity contribution in [3.05, 3.63) is 22.2 Å². The summed E-state index contributed by atoms with van der Waals surface area (Å²) < 4.78 is 11.2. The number of carbonyl (C=O) groups is 2. The molecule has 1 aliphatic heterocycles. The lowest BCUT2D eigenvalue weighted by molar-refractivity contribution is -0.178. The first-order valence-electron chi connectivity index (χ1n) is 9.54. The molecule has 11 heteroatoms. The van der Waals surface area contributed by atoms with Gasteiger partial charge in [0.2, 0.25) is 0 Å². The number of terminal acetylenes is 1. The Bertz CT molecular complexity index is 894. The molecule has 2 rings (SSSR count). The summed E-state index contributed by atoms with van der Waals surface area (Å²) in [5.41, 5.74) is 7.32. The minimum atomic E-state index is -2.51. The van der Waals surface area contributed by atoms with Gasteiger partial charge in [0.1, 0.15) is 30.7 Å². The summed E-state index contributed by atoms with van der Waals surface area (Å²) in [7, 11) is 0. The van der Waals surface area contributed by atoms with Gasteiger partial charge in [0.05, 0.1) is 5.56 Å². The monoisotopic (exact) mass is 422 g/mol. The van der Waals surface area contributed by atoms with Crippen LogP contribution in [0.4, 0.5) is 5.82 Å². The number of nitrogens with zero attached hydrogens (tertiary/aromatic N) is 2. The molecule has 2 heterocycles. The molecule has 30 heavy (non-hydrogen) atoms. The number of rotatable bonds is 9. The van der Waals surface area contributed by atoms with Crippen molar-refractivity contribution in [1.29, 1.82) is 0 Å². The van der Waals surface area contributed by atoms with Crippen molar-refractivity contribution in [1.82, 2.24) is 9.55 Å². The Hall–Kier alpha value is -2.94. The fourth-order valence-corrected chi connectivity index (χ4v) is 3.22. The standard InChI is InChI=1S/C19H26N4O7/c1-3-5-6-7-8-13(24)29-10-12-14(25)15(26)19(30-12,17(21)27)23-9-11(4-2)16(20)22-18(23)28/h2,9,12,14-15,25-26H,3,5-8,10H2,1H3,(H2,21,27)(H2,20,22,28). The first-order chi connectivity index (χ1) is 14.2. The Morgan fingerprint density at radius 3 is 2.70 bits per heavy atom. The number of ether oxygens (including phenoxy) is 2. The molecule has 0 aliphatic carbocycles. The van der Waals surface area contributed by atoms with Crippen molar-refractivity contribution >= 4 is 17.7 Å². The number of aromatic nitrogens is 2. The van der Waals surface area contributed by atoms with Gasteiger partial charge in [-0.25, -0.2) is 4.79 Å². The Morgan fingerprint density at radius 2 is 2.10 bits per heavy atom. The van der Waals surface area contributed by atoms with E-state index >= 15 is 0 Å². The van der Waals surface area contributed by atoms with Crippen LogP contribution in [-0.4, -0.2) is 56.6 Å². The van der Waals surface area contributed by atoms with Gasteiger partial charge in [-0.3, -0.25) is 14.2 Å². The molecule has 4 atom stereocenters. The zero-order valence-corrected chi connectivity index (χ0v) is 16.6. The number of aliphatic hydroxyl groups is 2. The van der Waals surface area contributed by atoms with E-state index in [9.17, 15) is 24.6 Å². The molecular formula is C19H26N4O7. The minimum Gasteiger partial charge on any atom is -0.463 e. The van der Waals surface area contributed by atoms with Crippen LogP contribution in [0.3, 0.4) is 0 Å². The van der Waals surface area contributed by atoms with Gasteiger partial charge in [-0.15, -0.1) is 6.42 Å². The number of unbranched alkanes of at least 4 members (excludes halogenated alkanes) is 3. The van der Waals surface area contributed by atoms with Gasteiger partial charge in [-0.05, 0) is 6.42 Å². The topological polar surface area (TPSA) is 180 Å². The molecule has 0 radical (unpaired) electrons. The van der Waals surface area contributed by atoms with E-state index in [0.717, 1.165) is 25.5 Å². The fraction of sp³-hybridized carbons (Fsp3) is 0.579. The van der Waals surface area contributed by atoms with Crippen LogP contribution in [0, 0.1) is 12.3 Å². The van der Waals surface area contributed by atoms with Crippen LogP contribution in [0.2, 0.25) is 0 Å². The summed E-state index contributed by atoms with van der Waals surface area (Å²) in [5.74, 6) is 0.118. The Morgan fingerprint density at radius 1 is 1.40 bits per heavy atom. The largest absolute Gasteiger partial charge is 0.463 e. The number of amides is 1. The van der Waals surface area contributed by atoms with Crippen LogP contribution in [-0.2, 0) is 24.8 Å². The lowest BCUT2D eigenvalue weighted by Crippen LogP contribution is -2.58. The van der Waals surface area contributed by atoms with Crippen molar-refractivity contribution in [2.45, 2.75) is 63.1 Å². The maximum atomic E-state index is 12.3. The number of carbonyl (C=O) groups excluding carboxylic acids is 2. The first kappa shape index (κ1) is 23.3. The van der Waals surface area contributed by atoms with E-state index in [4.69, 9.17) is 27.4 Å². The highest BCUT2D eigenvalue weighted by Gasteiger charge is 2.60. The molecule has 1 aromatic rings. The second-order valence-corrected chi connectivity index (χ2v) is 6.98. The number of hydrogen-bond donors (Lipinski definition) is 4. The Balaban J connectivity index is 2.23. The SMILES string of the molecule is C#Cc1cn(C2(C(N)=O)OC(COC(=O)CCCCCC)C(O)C2O)c(=O)nc1N. The second kappa shape index (κ2) is 9.71. The van der Waals surface area contributed by atoms with E-state index < -0.39 is 48.2 Å². The number of nitrogen functional groups attached to an aromatic ring is 1. The van der Waals surface area contributed by atoms with Crippen molar-refractivity contribution in [3.63, 3.8) is 0 Å². The van der Waals surface area contributed by atoms with Crippen LogP contribution in [0.15, 0.2) is 11.0 Å². The van der Waals surface area contributed by atoms with Gasteiger partial charge in [0, 0.05) is 12.6 Å². The number of nitrogens with two attached hydrogens (primary N) is 2. The summed E-state index contributed by atoms with van der Waals surface area (Å²) in [5, 5.41) is 20.9. The number of primary amides is 1. The highest BCUT2D eigenvalue weighted by Crippen LogP contribution is 2.35. The summed E-state index contributed by atoms with van der Waals surface area (Å²) in [6, 6.07) is 0. The highest BCUT2D eigenvalue weighted by molar-refractivity contribution is 5.82. The third kappa shape index (κ3) is 4.46. The van der Waals surface area contributed by atoms with E-state index in [-0.39, 0.29) is 17.8 Å². The molecule has 1 fully saturated rings. The molecule has 0 spiro atoms. The Labute approximate surface area is 173 Å². The van der Waals surface area contributed by atoms with E-state index in [1.165, 1.54) is 0 Å². The third-order valence-electron chi connectivity index (χ3n) is 4.90. The average molecular weight is 422 g/mol. The van der Waals surface area contributed by atoms with Crippen LogP contribution in [0.25, 0.3) is 0 Å². The molecular weight excluding hydrogens is 396 g/mol. The lowest BCUT2D eigenvalue weighted by Gasteiger charge is -2.30. The smallest absolute Gasteiger partial charge is 0.352 e. The minimum absolute atomic E-state index is 0.0533. The normalized spacial score (nSPS) is 25.6. The predicted octanol–water partition coefficient (Wildman–Crippen LogP) is -1.42. The van der Waals surface area contributed by atoms with Gasteiger partial charge in [-0.2, -0.15) is 4.98 Å². The van der Waals surface area contributed by atoms with E-state index in [1.54, 1.807) is 0 Å². The summed E-state index contributed by atoms with van der Waals surface area (Å²) >= 11 is 0. The maximum absolute atomic E-state index is 12.3. The van der Waals surface area contributed by atoms with Gasteiger partial charge in [-0.1, -0.05) is 32.1 Å². The summed E-state index contributed by atoms with van der Waals surface area (Å²) in [6.07, 6.45) is 5.02. The van der Waals surface area contributed by atoms with Gasteiger partial charge in [0.25, 0.3) is 11.6 Å². The molecule has 4 unspecified atom stereocenters. The quantitative estimate of drug-likeness (QED) is 0.211. The molecule has 1 aliphatic rings. The molecule has 1 amide bonds. The molecule has 0 saturated carbocycles. The molecule has 11 nitrogen and oxygen atoms in total. The van der Waals surface area contributed by atoms with Gasteiger partial charge >= 0.3 is 11.7 Å². The summed E-state index contributed by atoms with van der Waals surface area (Å²) in [6.45, 7) is 1.58. The predicted molar refractivity (Wildman–Crippen MR) is 105 cm³/mol. The first-order valence-corrected chi connectivity index (χ1v) is 9.54. The number of hydrogen-bond acceptors (Lipinski definition) is 9. The van der Waals surface area contributed by atoms with Crippen LogP contribution < -0.4 is 17.2 Å². The number of esters is 1. The van der Waals surface area contributed by atoms with E-state index in [1.807, 2.05) is 6.92 Å². The fourth-order valence-electron chi connectivity index (χ4n) is 3.22. The number of anilines is 1. The zero-order chi connectivity index (χ0) is 22.5. The molecule has 1 saturated heterocycles. The molecule has 0 bridgehead atoms. The van der Waals surface area contributed by atoms with Crippen LogP contribution >= 0.6 is 0 Å². The van der Waals surface area contributed by atoms with Crippen LogP contribution in [0.1, 0.15) is 44.6 Å². The van der Waals surface area contributed by atoms with Crippen molar-refractivity contribution in [2.24, 2.45) is 5.73 Å². The second-order valence-electron chi connectivity index (χ2n) is 6.98. The number of aliphatic hydroxyl groups excluding tert-OH is 2. The zero-order valence-electron chi connectivity index (χ0n) is 16.6. The lowest BCUT2D eigenvalue weighted by atomic mass is 10.0. The van der Waals surface area contributed by atoms with Gasteiger partial charge in [0.15, 0.2) is 0 Å².